The minimum atomic E-state index is -0.803. The Morgan fingerprint density at radius 1 is 1.19 bits per heavy atom. The van der Waals surface area contributed by atoms with Gasteiger partial charge in [0.15, 0.2) is 10.3 Å². The molecular formula is C17H9Cl2FN4O2S. The highest BCUT2D eigenvalue weighted by Crippen LogP contribution is 2.23. The van der Waals surface area contributed by atoms with Gasteiger partial charge in [0.2, 0.25) is 0 Å². The summed E-state index contributed by atoms with van der Waals surface area (Å²) in [7, 11) is 0. The molecule has 0 unspecified atom stereocenters. The largest absolute Gasteiger partial charge is 0.357 e. The maximum atomic E-state index is 13.3. The van der Waals surface area contributed by atoms with Crippen LogP contribution in [0.3, 0.4) is 0 Å². The summed E-state index contributed by atoms with van der Waals surface area (Å²) in [6.45, 7) is 0.356. The van der Waals surface area contributed by atoms with Crippen LogP contribution in [0.15, 0.2) is 52.3 Å². The number of fused-ring (bicyclic) bond motifs is 1. The van der Waals surface area contributed by atoms with Crippen LogP contribution in [0.4, 0.5) is 4.39 Å². The van der Waals surface area contributed by atoms with Gasteiger partial charge in [-0.25, -0.2) is 18.7 Å². The van der Waals surface area contributed by atoms with E-state index in [-0.39, 0.29) is 22.1 Å². The first-order chi connectivity index (χ1) is 12.9. The van der Waals surface area contributed by atoms with Crippen LogP contribution in [0, 0.1) is 5.82 Å². The van der Waals surface area contributed by atoms with E-state index in [1.165, 1.54) is 17.4 Å². The molecule has 1 aromatic heterocycles. The number of pyridine rings is 1. The molecule has 3 heterocycles. The predicted octanol–water partition coefficient (Wildman–Crippen LogP) is 3.45. The molecule has 0 fully saturated rings. The maximum Gasteiger partial charge on any atom is 0.357 e. The average Bonchev–Trinajstić information content (AvgIpc) is 3.02. The third-order valence-corrected chi connectivity index (χ3v) is 5.27. The van der Waals surface area contributed by atoms with Crippen molar-refractivity contribution >= 4 is 34.5 Å². The van der Waals surface area contributed by atoms with Crippen LogP contribution in [-0.4, -0.2) is 19.1 Å². The van der Waals surface area contributed by atoms with E-state index < -0.39 is 17.1 Å². The van der Waals surface area contributed by atoms with Gasteiger partial charge < -0.3 is 4.57 Å². The van der Waals surface area contributed by atoms with Crippen molar-refractivity contribution in [2.45, 2.75) is 6.54 Å². The molecule has 0 aliphatic carbocycles. The molecule has 0 radical (unpaired) electrons. The van der Waals surface area contributed by atoms with Gasteiger partial charge in [-0.05, 0) is 30.3 Å². The molecule has 4 rings (SSSR count). The molecule has 0 saturated carbocycles. The van der Waals surface area contributed by atoms with Crippen molar-refractivity contribution in [3.8, 4) is 17.1 Å². The number of benzene rings is 1. The van der Waals surface area contributed by atoms with Gasteiger partial charge in [0.1, 0.15) is 5.82 Å². The molecule has 2 aromatic rings. The Kier molecular flexibility index (Phi) is 4.55. The van der Waals surface area contributed by atoms with Gasteiger partial charge in [0.05, 0.1) is 22.8 Å². The second kappa shape index (κ2) is 6.88. The molecule has 2 aliphatic rings. The number of rotatable bonds is 3. The van der Waals surface area contributed by atoms with Crippen LogP contribution in [0.5, 0.6) is 0 Å². The molecule has 0 saturated heterocycles. The van der Waals surface area contributed by atoms with Crippen molar-refractivity contribution < 1.29 is 4.39 Å². The third kappa shape index (κ3) is 3.27. The smallest absolute Gasteiger partial charge is 0.327 e. The third-order valence-electron chi connectivity index (χ3n) is 3.87. The van der Waals surface area contributed by atoms with Gasteiger partial charge in [-0.15, -0.1) is 11.3 Å². The quantitative estimate of drug-likeness (QED) is 0.506. The fourth-order valence-electron chi connectivity index (χ4n) is 2.71. The fourth-order valence-corrected chi connectivity index (χ4v) is 3.94. The molecule has 136 valence electrons. The Hall–Kier alpha value is -2.55. The molecule has 0 amide bonds. The lowest BCUT2D eigenvalue weighted by molar-refractivity contribution is 0.627. The van der Waals surface area contributed by atoms with Crippen molar-refractivity contribution in [1.82, 2.24) is 19.1 Å². The van der Waals surface area contributed by atoms with E-state index in [1.54, 1.807) is 29.1 Å². The van der Waals surface area contributed by atoms with Crippen molar-refractivity contribution in [1.29, 1.82) is 0 Å². The van der Waals surface area contributed by atoms with Gasteiger partial charge in [-0.1, -0.05) is 23.2 Å². The second-order valence-corrected chi connectivity index (χ2v) is 7.69. The van der Waals surface area contributed by atoms with E-state index in [2.05, 4.69) is 9.97 Å². The molecule has 10 heteroatoms. The van der Waals surface area contributed by atoms with Gasteiger partial charge in [0.25, 0.3) is 5.56 Å². The Morgan fingerprint density at radius 3 is 2.70 bits per heavy atom. The Morgan fingerprint density at radius 2 is 2.00 bits per heavy atom. The first-order valence-corrected chi connectivity index (χ1v) is 9.19. The number of thiazole rings is 1. The van der Waals surface area contributed by atoms with Crippen LogP contribution in [0.2, 0.25) is 9.49 Å². The molecule has 2 aliphatic heterocycles. The standard InChI is InChI=1S/C17H9Cl2FN4O2S/c18-12-6-9(20)3-4-13(12)24-15(25)11-2-1-5-23(14(11)22-17(24)26)8-10-7-21-16(19)27-10/h1-7H,8H2. The van der Waals surface area contributed by atoms with Crippen LogP contribution < -0.4 is 11.2 Å². The average molecular weight is 423 g/mol. The SMILES string of the molecule is O=c1nc2n(Cc3cnc(Cl)s3)cccc-2c(=O)n1-c1ccc(F)cc1Cl. The summed E-state index contributed by atoms with van der Waals surface area (Å²) < 4.78 is 16.2. The molecule has 1 aromatic carbocycles. The number of nitrogens with zero attached hydrogens (tertiary/aromatic N) is 4. The molecular weight excluding hydrogens is 414 g/mol. The molecule has 0 spiro atoms. The van der Waals surface area contributed by atoms with E-state index in [0.717, 1.165) is 21.6 Å². The van der Waals surface area contributed by atoms with E-state index in [4.69, 9.17) is 23.2 Å². The van der Waals surface area contributed by atoms with Crippen LogP contribution in [-0.2, 0) is 6.54 Å². The molecule has 0 atom stereocenters. The highest BCUT2D eigenvalue weighted by atomic mass is 35.5. The number of hydrogen-bond acceptors (Lipinski definition) is 5. The van der Waals surface area contributed by atoms with Crippen molar-refractivity contribution in [3.05, 3.63) is 83.7 Å². The lowest BCUT2D eigenvalue weighted by Gasteiger charge is -2.15. The molecule has 0 N–H and O–H groups in total. The van der Waals surface area contributed by atoms with E-state index in [0.29, 0.717) is 11.0 Å². The minimum absolute atomic E-state index is 0.0570. The summed E-state index contributed by atoms with van der Waals surface area (Å²) in [4.78, 5) is 34.3. The highest BCUT2D eigenvalue weighted by molar-refractivity contribution is 7.15. The monoisotopic (exact) mass is 422 g/mol. The zero-order valence-electron chi connectivity index (χ0n) is 13.4. The van der Waals surface area contributed by atoms with Crippen molar-refractivity contribution in [2.24, 2.45) is 0 Å². The van der Waals surface area contributed by atoms with E-state index in [9.17, 15) is 14.0 Å². The number of aromatic nitrogens is 4. The normalized spacial score (nSPS) is 11.2. The van der Waals surface area contributed by atoms with Crippen molar-refractivity contribution in [2.75, 3.05) is 0 Å². The maximum absolute atomic E-state index is 13.3. The number of hydrogen-bond donors (Lipinski definition) is 0. The lowest BCUT2D eigenvalue weighted by atomic mass is 10.2. The zero-order valence-corrected chi connectivity index (χ0v) is 15.7. The first kappa shape index (κ1) is 17.8. The molecule has 6 nitrogen and oxygen atoms in total. The minimum Gasteiger partial charge on any atom is -0.327 e. The summed E-state index contributed by atoms with van der Waals surface area (Å²) in [6.07, 6.45) is 3.33. The van der Waals surface area contributed by atoms with Crippen LogP contribution in [0.1, 0.15) is 4.88 Å². The fraction of sp³-hybridized carbons (Fsp3) is 0.0588. The van der Waals surface area contributed by atoms with Crippen LogP contribution >= 0.6 is 34.5 Å². The molecule has 27 heavy (non-hydrogen) atoms. The van der Waals surface area contributed by atoms with Gasteiger partial charge in [-0.2, -0.15) is 4.98 Å². The highest BCUT2D eigenvalue weighted by Gasteiger charge is 2.19. The van der Waals surface area contributed by atoms with Gasteiger partial charge >= 0.3 is 5.69 Å². The van der Waals surface area contributed by atoms with Crippen molar-refractivity contribution in [3.63, 3.8) is 0 Å². The Balaban J connectivity index is 1.91. The number of halogens is 3. The molecule has 0 bridgehead atoms. The summed E-state index contributed by atoms with van der Waals surface area (Å²) >= 11 is 13.2. The first-order valence-electron chi connectivity index (χ1n) is 7.62. The predicted molar refractivity (Wildman–Crippen MR) is 102 cm³/mol. The lowest BCUT2D eigenvalue weighted by Crippen LogP contribution is -2.37. The summed E-state index contributed by atoms with van der Waals surface area (Å²) in [5.41, 5.74) is -1.08. The summed E-state index contributed by atoms with van der Waals surface area (Å²) in [5.74, 6) is -0.342. The van der Waals surface area contributed by atoms with Crippen LogP contribution in [0.25, 0.3) is 17.1 Å². The Labute approximate surface area is 165 Å². The second-order valence-electron chi connectivity index (χ2n) is 5.58. The Bertz CT molecular complexity index is 1250. The van der Waals surface area contributed by atoms with E-state index in [1.807, 2.05) is 0 Å². The van der Waals surface area contributed by atoms with Gasteiger partial charge in [-0.3, -0.25) is 4.79 Å². The van der Waals surface area contributed by atoms with E-state index >= 15 is 0 Å². The topological polar surface area (TPSA) is 69.8 Å². The summed E-state index contributed by atoms with van der Waals surface area (Å²) in [5, 5.41) is -0.0570. The summed E-state index contributed by atoms with van der Waals surface area (Å²) in [6, 6.07) is 6.66. The zero-order chi connectivity index (χ0) is 19.1. The van der Waals surface area contributed by atoms with Gasteiger partial charge in [0, 0.05) is 17.3 Å².